The Kier molecular flexibility index (Phi) is 3.44. The Morgan fingerprint density at radius 3 is 2.85 bits per heavy atom. The summed E-state index contributed by atoms with van der Waals surface area (Å²) >= 11 is 9.37. The van der Waals surface area contributed by atoms with E-state index < -0.39 is 0 Å². The van der Waals surface area contributed by atoms with E-state index in [0.717, 1.165) is 16.5 Å². The van der Waals surface area contributed by atoms with E-state index in [9.17, 15) is 4.79 Å². The lowest BCUT2D eigenvalue weighted by Crippen LogP contribution is -2.07. The lowest BCUT2D eigenvalue weighted by atomic mass is 9.98. The van der Waals surface area contributed by atoms with Crippen LogP contribution in [0.25, 0.3) is 0 Å². The molecule has 1 aliphatic rings. The fourth-order valence-electron chi connectivity index (χ4n) is 2.31. The van der Waals surface area contributed by atoms with E-state index in [0.29, 0.717) is 34.2 Å². The van der Waals surface area contributed by atoms with Crippen molar-refractivity contribution >= 4 is 39.0 Å². The number of ether oxygens (including phenoxy) is 1. The molecule has 0 amide bonds. The van der Waals surface area contributed by atoms with Crippen molar-refractivity contribution in [2.75, 3.05) is 12.3 Å². The van der Waals surface area contributed by atoms with Crippen molar-refractivity contribution in [3.8, 4) is 5.75 Å². The van der Waals surface area contributed by atoms with Crippen LogP contribution in [0.3, 0.4) is 0 Å². The second-order valence-electron chi connectivity index (χ2n) is 4.60. The molecule has 1 heterocycles. The number of nitrogen functional groups attached to an aromatic ring is 1. The van der Waals surface area contributed by atoms with Crippen LogP contribution < -0.4 is 10.5 Å². The first-order valence-corrected chi connectivity index (χ1v) is 7.28. The highest BCUT2D eigenvalue weighted by Gasteiger charge is 2.24. The molecule has 0 fully saturated rings. The minimum absolute atomic E-state index is 0.176. The van der Waals surface area contributed by atoms with Gasteiger partial charge in [-0.05, 0) is 35.9 Å². The van der Waals surface area contributed by atoms with Gasteiger partial charge in [-0.25, -0.2) is 0 Å². The first-order chi connectivity index (χ1) is 9.56. The average molecular weight is 353 g/mol. The molecule has 0 spiro atoms. The summed E-state index contributed by atoms with van der Waals surface area (Å²) < 4.78 is 6.43. The zero-order chi connectivity index (χ0) is 14.3. The summed E-state index contributed by atoms with van der Waals surface area (Å²) in [7, 11) is 0. The van der Waals surface area contributed by atoms with Crippen LogP contribution in [0.2, 0.25) is 5.02 Å². The molecule has 0 atom stereocenters. The zero-order valence-corrected chi connectivity index (χ0v) is 12.8. The van der Waals surface area contributed by atoms with E-state index in [1.54, 1.807) is 24.3 Å². The maximum Gasteiger partial charge on any atom is 0.198 e. The molecule has 2 aromatic rings. The zero-order valence-electron chi connectivity index (χ0n) is 10.5. The Morgan fingerprint density at radius 1 is 1.25 bits per heavy atom. The molecular weight excluding hydrogens is 342 g/mol. The SMILES string of the molecule is Nc1ccc(Cl)cc1C(=O)c1cc(Br)cc2c1OCC2. The van der Waals surface area contributed by atoms with Crippen LogP contribution >= 0.6 is 27.5 Å². The van der Waals surface area contributed by atoms with Gasteiger partial charge in [-0.2, -0.15) is 0 Å². The van der Waals surface area contributed by atoms with Crippen molar-refractivity contribution in [1.82, 2.24) is 0 Å². The highest BCUT2D eigenvalue weighted by atomic mass is 79.9. The molecule has 102 valence electrons. The molecule has 3 nitrogen and oxygen atoms in total. The summed E-state index contributed by atoms with van der Waals surface area (Å²) in [4.78, 5) is 12.7. The Balaban J connectivity index is 2.14. The minimum atomic E-state index is -0.176. The van der Waals surface area contributed by atoms with Gasteiger partial charge in [0.1, 0.15) is 5.75 Å². The maximum atomic E-state index is 12.7. The Bertz CT molecular complexity index is 715. The molecule has 0 aromatic heterocycles. The van der Waals surface area contributed by atoms with Crippen LogP contribution in [0.15, 0.2) is 34.8 Å². The number of carbonyl (C=O) groups excluding carboxylic acids is 1. The minimum Gasteiger partial charge on any atom is -0.492 e. The third-order valence-corrected chi connectivity index (χ3v) is 3.95. The first kappa shape index (κ1) is 13.5. The third kappa shape index (κ3) is 2.30. The Morgan fingerprint density at radius 2 is 2.05 bits per heavy atom. The van der Waals surface area contributed by atoms with Gasteiger partial charge in [0.15, 0.2) is 5.78 Å². The predicted molar refractivity (Wildman–Crippen MR) is 82.6 cm³/mol. The number of fused-ring (bicyclic) bond motifs is 1. The van der Waals surface area contributed by atoms with Crippen molar-refractivity contribution in [2.45, 2.75) is 6.42 Å². The quantitative estimate of drug-likeness (QED) is 0.660. The molecule has 0 saturated heterocycles. The van der Waals surface area contributed by atoms with Gasteiger partial charge in [0.05, 0.1) is 12.2 Å². The number of hydrogen-bond donors (Lipinski definition) is 1. The van der Waals surface area contributed by atoms with Crippen molar-refractivity contribution in [3.63, 3.8) is 0 Å². The molecule has 1 aliphatic heterocycles. The number of ketones is 1. The van der Waals surface area contributed by atoms with Crippen molar-refractivity contribution in [1.29, 1.82) is 0 Å². The number of anilines is 1. The number of halogens is 2. The van der Waals surface area contributed by atoms with Gasteiger partial charge >= 0.3 is 0 Å². The van der Waals surface area contributed by atoms with Crippen molar-refractivity contribution in [3.05, 3.63) is 56.5 Å². The van der Waals surface area contributed by atoms with Gasteiger partial charge in [0.2, 0.25) is 0 Å². The first-order valence-electron chi connectivity index (χ1n) is 6.11. The standard InChI is InChI=1S/C15H11BrClNO2/c16-9-5-8-3-4-20-15(8)12(6-9)14(19)11-7-10(17)1-2-13(11)18/h1-2,5-7H,3-4,18H2. The number of carbonyl (C=O) groups is 1. The molecular formula is C15H11BrClNO2. The largest absolute Gasteiger partial charge is 0.492 e. The third-order valence-electron chi connectivity index (χ3n) is 3.25. The van der Waals surface area contributed by atoms with Gasteiger partial charge in [-0.3, -0.25) is 4.79 Å². The van der Waals surface area contributed by atoms with Gasteiger partial charge in [-0.15, -0.1) is 0 Å². The monoisotopic (exact) mass is 351 g/mol. The lowest BCUT2D eigenvalue weighted by molar-refractivity contribution is 0.103. The summed E-state index contributed by atoms with van der Waals surface area (Å²) in [6.45, 7) is 0.594. The summed E-state index contributed by atoms with van der Waals surface area (Å²) in [5.41, 5.74) is 8.23. The van der Waals surface area contributed by atoms with Gasteiger partial charge in [0, 0.05) is 27.2 Å². The molecule has 20 heavy (non-hydrogen) atoms. The molecule has 0 radical (unpaired) electrons. The van der Waals surface area contributed by atoms with Gasteiger partial charge in [0.25, 0.3) is 0 Å². The highest BCUT2D eigenvalue weighted by Crippen LogP contribution is 2.35. The maximum absolute atomic E-state index is 12.7. The van der Waals surface area contributed by atoms with Crippen LogP contribution in [0, 0.1) is 0 Å². The Hall–Kier alpha value is -1.52. The smallest absolute Gasteiger partial charge is 0.198 e. The van der Waals surface area contributed by atoms with Crippen LogP contribution in [-0.4, -0.2) is 12.4 Å². The number of nitrogens with two attached hydrogens (primary N) is 1. The van der Waals surface area contributed by atoms with Crippen LogP contribution in [0.5, 0.6) is 5.75 Å². The van der Waals surface area contributed by atoms with Crippen LogP contribution in [-0.2, 0) is 6.42 Å². The molecule has 0 bridgehead atoms. The van der Waals surface area contributed by atoms with Crippen molar-refractivity contribution < 1.29 is 9.53 Å². The summed E-state index contributed by atoms with van der Waals surface area (Å²) in [6.07, 6.45) is 0.806. The topological polar surface area (TPSA) is 52.3 Å². The fraction of sp³-hybridized carbons (Fsp3) is 0.133. The summed E-state index contributed by atoms with van der Waals surface area (Å²) in [5, 5.41) is 0.482. The second-order valence-corrected chi connectivity index (χ2v) is 5.95. The molecule has 2 aromatic carbocycles. The number of benzene rings is 2. The fourth-order valence-corrected chi connectivity index (χ4v) is 2.99. The molecule has 3 rings (SSSR count). The molecule has 2 N–H and O–H groups in total. The van der Waals surface area contributed by atoms with E-state index in [4.69, 9.17) is 22.1 Å². The number of hydrogen-bond acceptors (Lipinski definition) is 3. The average Bonchev–Trinajstić information content (AvgIpc) is 2.87. The summed E-state index contributed by atoms with van der Waals surface area (Å²) in [6, 6.07) is 8.61. The van der Waals surface area contributed by atoms with E-state index in [1.807, 2.05) is 6.07 Å². The van der Waals surface area contributed by atoms with E-state index in [1.165, 1.54) is 0 Å². The highest BCUT2D eigenvalue weighted by molar-refractivity contribution is 9.10. The van der Waals surface area contributed by atoms with E-state index in [2.05, 4.69) is 15.9 Å². The summed E-state index contributed by atoms with van der Waals surface area (Å²) in [5.74, 6) is 0.474. The Labute approximate surface area is 129 Å². The normalized spacial score (nSPS) is 12.9. The second kappa shape index (κ2) is 5.11. The number of rotatable bonds is 2. The van der Waals surface area contributed by atoms with Crippen molar-refractivity contribution in [2.24, 2.45) is 0 Å². The lowest BCUT2D eigenvalue weighted by Gasteiger charge is -2.10. The molecule has 5 heteroatoms. The molecule has 0 unspecified atom stereocenters. The van der Waals surface area contributed by atoms with E-state index >= 15 is 0 Å². The van der Waals surface area contributed by atoms with Gasteiger partial charge < -0.3 is 10.5 Å². The predicted octanol–water partition coefficient (Wildman–Crippen LogP) is 3.85. The molecule has 0 aliphatic carbocycles. The van der Waals surface area contributed by atoms with Crippen LogP contribution in [0.1, 0.15) is 21.5 Å². The van der Waals surface area contributed by atoms with Gasteiger partial charge in [-0.1, -0.05) is 27.5 Å². The molecule has 0 saturated carbocycles. The van der Waals surface area contributed by atoms with E-state index in [-0.39, 0.29) is 5.78 Å². The van der Waals surface area contributed by atoms with Crippen LogP contribution in [0.4, 0.5) is 5.69 Å².